The number of methoxy groups -OCH3 is 1. The summed E-state index contributed by atoms with van der Waals surface area (Å²) in [5, 5.41) is 7.11. The fourth-order valence-corrected chi connectivity index (χ4v) is 3.02. The van der Waals surface area contributed by atoms with Crippen molar-refractivity contribution < 1.29 is 14.3 Å². The van der Waals surface area contributed by atoms with Crippen molar-refractivity contribution >= 4 is 40.5 Å². The molecule has 29 heavy (non-hydrogen) atoms. The number of carbonyl (C=O) groups excluding carboxylic acids is 1. The van der Waals surface area contributed by atoms with Crippen LogP contribution >= 0.6 is 23.2 Å². The van der Waals surface area contributed by atoms with Crippen LogP contribution in [0.2, 0.25) is 10.0 Å². The topological polar surface area (TPSA) is 59.6 Å². The Morgan fingerprint density at radius 2 is 1.55 bits per heavy atom. The molecule has 0 fully saturated rings. The standard InChI is InChI=1S/C22H20Cl2N2O3/c1-28-21-12-15(13-25-18-8-4-2-6-16(18)23)10-11-20(21)29-14-22(27)26-19-9-5-3-7-17(19)24/h2-12,25H,13-14H2,1H3,(H,26,27). The molecule has 5 nitrogen and oxygen atoms in total. The molecule has 1 amide bonds. The number of hydrogen-bond donors (Lipinski definition) is 2. The largest absolute Gasteiger partial charge is 0.493 e. The quantitative estimate of drug-likeness (QED) is 0.485. The third-order valence-corrected chi connectivity index (χ3v) is 4.75. The van der Waals surface area contributed by atoms with Crippen LogP contribution in [0.25, 0.3) is 0 Å². The molecular formula is C22H20Cl2N2O3. The second kappa shape index (κ2) is 10.0. The van der Waals surface area contributed by atoms with Crippen LogP contribution < -0.4 is 20.1 Å². The summed E-state index contributed by atoms with van der Waals surface area (Å²) in [5.41, 5.74) is 2.37. The van der Waals surface area contributed by atoms with Crippen molar-refractivity contribution in [1.82, 2.24) is 0 Å². The summed E-state index contributed by atoms with van der Waals surface area (Å²) in [4.78, 5) is 12.1. The Balaban J connectivity index is 1.59. The van der Waals surface area contributed by atoms with Crippen molar-refractivity contribution in [3.8, 4) is 11.5 Å². The van der Waals surface area contributed by atoms with E-state index >= 15 is 0 Å². The zero-order valence-electron chi connectivity index (χ0n) is 15.7. The van der Waals surface area contributed by atoms with Crippen molar-refractivity contribution in [2.24, 2.45) is 0 Å². The van der Waals surface area contributed by atoms with Crippen molar-refractivity contribution in [3.63, 3.8) is 0 Å². The molecule has 0 saturated heterocycles. The highest BCUT2D eigenvalue weighted by molar-refractivity contribution is 6.33. The lowest BCUT2D eigenvalue weighted by Crippen LogP contribution is -2.20. The molecule has 0 aromatic heterocycles. The lowest BCUT2D eigenvalue weighted by molar-refractivity contribution is -0.118. The Hall–Kier alpha value is -2.89. The fourth-order valence-electron chi connectivity index (χ4n) is 2.64. The van der Waals surface area contributed by atoms with Gasteiger partial charge in [-0.15, -0.1) is 0 Å². The third kappa shape index (κ3) is 5.79. The molecule has 0 radical (unpaired) electrons. The molecule has 0 aliphatic heterocycles. The maximum Gasteiger partial charge on any atom is 0.262 e. The summed E-state index contributed by atoms with van der Waals surface area (Å²) in [6.07, 6.45) is 0. The minimum absolute atomic E-state index is 0.168. The third-order valence-electron chi connectivity index (χ3n) is 4.09. The molecule has 0 atom stereocenters. The predicted molar refractivity (Wildman–Crippen MR) is 117 cm³/mol. The van der Waals surface area contributed by atoms with Crippen LogP contribution in [0.4, 0.5) is 11.4 Å². The van der Waals surface area contributed by atoms with Gasteiger partial charge in [0.05, 0.1) is 28.5 Å². The molecule has 0 unspecified atom stereocenters. The Morgan fingerprint density at radius 3 is 2.21 bits per heavy atom. The number of anilines is 2. The molecule has 150 valence electrons. The molecule has 3 aromatic carbocycles. The Morgan fingerprint density at radius 1 is 0.897 bits per heavy atom. The molecule has 2 N–H and O–H groups in total. The molecule has 0 aliphatic carbocycles. The van der Waals surface area contributed by atoms with Gasteiger partial charge in [-0.2, -0.15) is 0 Å². The summed E-state index contributed by atoms with van der Waals surface area (Å²) in [6.45, 7) is 0.395. The number of benzene rings is 3. The lowest BCUT2D eigenvalue weighted by Gasteiger charge is -2.14. The van der Waals surface area contributed by atoms with E-state index in [-0.39, 0.29) is 12.5 Å². The average Bonchev–Trinajstić information content (AvgIpc) is 2.73. The van der Waals surface area contributed by atoms with Gasteiger partial charge in [0, 0.05) is 6.54 Å². The smallest absolute Gasteiger partial charge is 0.262 e. The zero-order valence-corrected chi connectivity index (χ0v) is 17.3. The normalized spacial score (nSPS) is 10.3. The van der Waals surface area contributed by atoms with Crippen LogP contribution in [0.1, 0.15) is 5.56 Å². The number of rotatable bonds is 8. The van der Waals surface area contributed by atoms with E-state index in [0.29, 0.717) is 33.8 Å². The minimum atomic E-state index is -0.315. The van der Waals surface area contributed by atoms with E-state index in [1.807, 2.05) is 36.4 Å². The molecule has 0 spiro atoms. The second-order valence-corrected chi connectivity index (χ2v) is 6.95. The number of para-hydroxylation sites is 2. The monoisotopic (exact) mass is 430 g/mol. The van der Waals surface area contributed by atoms with Gasteiger partial charge in [-0.3, -0.25) is 4.79 Å². The minimum Gasteiger partial charge on any atom is -0.493 e. The van der Waals surface area contributed by atoms with Gasteiger partial charge in [0.2, 0.25) is 0 Å². The van der Waals surface area contributed by atoms with Crippen LogP contribution in [-0.2, 0) is 11.3 Å². The van der Waals surface area contributed by atoms with E-state index in [0.717, 1.165) is 11.3 Å². The highest BCUT2D eigenvalue weighted by Gasteiger charge is 2.10. The summed E-state index contributed by atoms with van der Waals surface area (Å²) >= 11 is 12.2. The highest BCUT2D eigenvalue weighted by Crippen LogP contribution is 2.29. The van der Waals surface area contributed by atoms with E-state index in [9.17, 15) is 4.79 Å². The first-order chi connectivity index (χ1) is 14.1. The van der Waals surface area contributed by atoms with Crippen molar-refractivity contribution in [1.29, 1.82) is 0 Å². The van der Waals surface area contributed by atoms with Gasteiger partial charge in [0.1, 0.15) is 0 Å². The Bertz CT molecular complexity index is 995. The van der Waals surface area contributed by atoms with Gasteiger partial charge in [-0.05, 0) is 42.0 Å². The Kier molecular flexibility index (Phi) is 7.22. The fraction of sp³-hybridized carbons (Fsp3) is 0.136. The number of hydrogen-bond acceptors (Lipinski definition) is 4. The van der Waals surface area contributed by atoms with Gasteiger partial charge >= 0.3 is 0 Å². The lowest BCUT2D eigenvalue weighted by atomic mass is 10.2. The van der Waals surface area contributed by atoms with Crippen LogP contribution in [0, 0.1) is 0 Å². The van der Waals surface area contributed by atoms with Gasteiger partial charge < -0.3 is 20.1 Å². The highest BCUT2D eigenvalue weighted by atomic mass is 35.5. The SMILES string of the molecule is COc1cc(CNc2ccccc2Cl)ccc1OCC(=O)Nc1ccccc1Cl. The average molecular weight is 431 g/mol. The van der Waals surface area contributed by atoms with E-state index in [4.69, 9.17) is 32.7 Å². The number of halogens is 2. The van der Waals surface area contributed by atoms with Gasteiger partial charge in [0.25, 0.3) is 5.91 Å². The second-order valence-electron chi connectivity index (χ2n) is 6.14. The number of amides is 1. The van der Waals surface area contributed by atoms with E-state index < -0.39 is 0 Å². The van der Waals surface area contributed by atoms with Crippen LogP contribution in [0.5, 0.6) is 11.5 Å². The van der Waals surface area contributed by atoms with E-state index in [1.165, 1.54) is 0 Å². The first kappa shape index (κ1) is 20.8. The maximum atomic E-state index is 12.1. The zero-order chi connectivity index (χ0) is 20.6. The summed E-state index contributed by atoms with van der Waals surface area (Å²) in [6, 6.07) is 20.1. The molecule has 0 saturated carbocycles. The summed E-state index contributed by atoms with van der Waals surface area (Å²) in [5.74, 6) is 0.696. The van der Waals surface area contributed by atoms with Crippen LogP contribution in [0.3, 0.4) is 0 Å². The number of carbonyl (C=O) groups is 1. The summed E-state index contributed by atoms with van der Waals surface area (Å²) in [7, 11) is 1.55. The number of ether oxygens (including phenoxy) is 2. The molecule has 3 aromatic rings. The van der Waals surface area contributed by atoms with Gasteiger partial charge in [-0.25, -0.2) is 0 Å². The van der Waals surface area contributed by atoms with Crippen molar-refractivity contribution in [3.05, 3.63) is 82.3 Å². The summed E-state index contributed by atoms with van der Waals surface area (Å²) < 4.78 is 11.0. The molecule has 0 heterocycles. The molecular weight excluding hydrogens is 411 g/mol. The van der Waals surface area contributed by atoms with E-state index in [1.54, 1.807) is 37.4 Å². The Labute approximate surface area is 179 Å². The molecule has 3 rings (SSSR count). The maximum absolute atomic E-state index is 12.1. The predicted octanol–water partition coefficient (Wildman–Crippen LogP) is 5.63. The van der Waals surface area contributed by atoms with Gasteiger partial charge in [0.15, 0.2) is 18.1 Å². The molecule has 0 aliphatic rings. The number of nitrogens with one attached hydrogen (secondary N) is 2. The van der Waals surface area contributed by atoms with E-state index in [2.05, 4.69) is 10.6 Å². The first-order valence-electron chi connectivity index (χ1n) is 8.89. The first-order valence-corrected chi connectivity index (χ1v) is 9.65. The van der Waals surface area contributed by atoms with Crippen LogP contribution in [0.15, 0.2) is 66.7 Å². The molecule has 0 bridgehead atoms. The molecule has 7 heteroatoms. The van der Waals surface area contributed by atoms with Crippen molar-refractivity contribution in [2.45, 2.75) is 6.54 Å². The van der Waals surface area contributed by atoms with Crippen molar-refractivity contribution in [2.75, 3.05) is 24.4 Å². The van der Waals surface area contributed by atoms with Crippen LogP contribution in [-0.4, -0.2) is 19.6 Å². The van der Waals surface area contributed by atoms with Gasteiger partial charge in [-0.1, -0.05) is 53.5 Å².